The Bertz CT molecular complexity index is 1320. The molecule has 0 bridgehead atoms. The van der Waals surface area contributed by atoms with Gasteiger partial charge in [0.05, 0.1) is 24.2 Å². The van der Waals surface area contributed by atoms with Gasteiger partial charge in [0.25, 0.3) is 0 Å². The van der Waals surface area contributed by atoms with Crippen LogP contribution in [-0.2, 0) is 54.8 Å². The van der Waals surface area contributed by atoms with E-state index in [0.717, 1.165) is 40.9 Å². The number of rotatable bonds is 7. The molecule has 2 unspecified atom stereocenters. The molecule has 0 aromatic heterocycles. The fraction of sp³-hybridized carbons (Fsp3) is 0.303. The van der Waals surface area contributed by atoms with Gasteiger partial charge in [-0.3, -0.25) is 0 Å². The summed E-state index contributed by atoms with van der Waals surface area (Å²) in [4.78, 5) is 2.38. The maximum Gasteiger partial charge on any atom is 0 e. The van der Waals surface area contributed by atoms with Crippen LogP contribution >= 0.6 is 12.2 Å². The van der Waals surface area contributed by atoms with Gasteiger partial charge in [0.1, 0.15) is 0 Å². The SMILES string of the molecule is CCO[C]C1=C(c2ccccc2)N2CCOC23C(C(=S)OCC)=C(c2ccccc2)C3(C)C1.[C-]#[O+].[C-]#[O+].[C-]#[O+].[C-]#[O+].[C-]#[O+].[Cr]. The monoisotopic (exact) mass is 651 g/mol. The third-order valence-corrected chi connectivity index (χ3v) is 7.23. The van der Waals surface area contributed by atoms with Crippen molar-refractivity contribution in [2.45, 2.75) is 32.9 Å². The smallest absolute Gasteiger partial charge is 0 e. The number of thiocarbonyl (C=S) groups is 1. The number of ether oxygens (including phenoxy) is 3. The summed E-state index contributed by atoms with van der Waals surface area (Å²) in [7, 11) is 0. The van der Waals surface area contributed by atoms with Gasteiger partial charge in [-0.25, -0.2) is 0 Å². The van der Waals surface area contributed by atoms with Crippen LogP contribution in [-0.4, -0.2) is 42.0 Å². The van der Waals surface area contributed by atoms with Crippen molar-refractivity contribution in [1.82, 2.24) is 4.90 Å². The van der Waals surface area contributed by atoms with E-state index in [1.165, 1.54) is 5.57 Å². The van der Waals surface area contributed by atoms with Gasteiger partial charge in [0.2, 0.25) is 0 Å². The molecule has 9 nitrogen and oxygen atoms in total. The first-order valence-corrected chi connectivity index (χ1v) is 13.1. The van der Waals surface area contributed by atoms with Crippen LogP contribution < -0.4 is 0 Å². The van der Waals surface area contributed by atoms with Crippen LogP contribution in [0.2, 0.25) is 0 Å². The topological polar surface area (TPSA) is 130 Å². The molecule has 0 saturated carbocycles. The number of benzene rings is 2. The van der Waals surface area contributed by atoms with Crippen molar-refractivity contribution in [3.63, 3.8) is 0 Å². The Hall–Kier alpha value is -3.24. The molecule has 44 heavy (non-hydrogen) atoms. The molecular formula is C33H29CrNO8S. The zero-order valence-electron chi connectivity index (χ0n) is 24.3. The minimum Gasteiger partial charge on any atom is 0 e. The van der Waals surface area contributed by atoms with Gasteiger partial charge in [-0.1, -0.05) is 67.6 Å². The predicted octanol–water partition coefficient (Wildman–Crippen LogP) is 5.55. The molecule has 2 radical (unpaired) electrons. The summed E-state index contributed by atoms with van der Waals surface area (Å²) in [6.07, 6.45) is 0.732. The minimum absolute atomic E-state index is 0. The Morgan fingerprint density at radius 2 is 1.36 bits per heavy atom. The molecule has 3 aliphatic rings. The average Bonchev–Trinajstić information content (AvgIpc) is 3.55. The number of nitrogens with zero attached hydrogens (tertiary/aromatic N) is 1. The standard InChI is InChI=1S/C28H29NO3S.5CO.Cr/c1-4-30-19-22-18-27(3)23(20-12-8-6-9-13-20)24(26(33)31-5-2)28(27)29(16-17-32-28)25(22)21-14-10-7-11-15-21;5*1-2;/h6-15H,4-5,16-18H2,1-3H3;;;;;;. The quantitative estimate of drug-likeness (QED) is 0.220. The van der Waals surface area contributed by atoms with Crippen molar-refractivity contribution in [1.29, 1.82) is 0 Å². The van der Waals surface area contributed by atoms with E-state index >= 15 is 0 Å². The Balaban J connectivity index is 0. The third kappa shape index (κ3) is 8.07. The van der Waals surface area contributed by atoms with E-state index in [0.29, 0.717) is 24.9 Å². The third-order valence-electron chi connectivity index (χ3n) is 6.91. The van der Waals surface area contributed by atoms with Gasteiger partial charge in [0, 0.05) is 36.2 Å². The summed E-state index contributed by atoms with van der Waals surface area (Å²) in [6, 6.07) is 20.9. The summed E-state index contributed by atoms with van der Waals surface area (Å²) in [5.74, 6) is 0. The molecule has 2 atom stereocenters. The Kier molecular flexibility index (Phi) is 21.7. The Morgan fingerprint density at radius 3 is 1.84 bits per heavy atom. The van der Waals surface area contributed by atoms with E-state index in [4.69, 9.17) is 49.7 Å². The van der Waals surface area contributed by atoms with Crippen molar-refractivity contribution in [2.75, 3.05) is 26.4 Å². The summed E-state index contributed by atoms with van der Waals surface area (Å²) < 4.78 is 55.9. The molecule has 0 amide bonds. The van der Waals surface area contributed by atoms with Crippen molar-refractivity contribution < 1.29 is 54.8 Å². The molecule has 2 aromatic carbocycles. The normalized spacial score (nSPS) is 19.8. The molecule has 226 valence electrons. The second-order valence-corrected chi connectivity index (χ2v) is 9.09. The van der Waals surface area contributed by atoms with Crippen LogP contribution in [0.5, 0.6) is 0 Å². The number of hydrogen-bond donors (Lipinski definition) is 0. The van der Waals surface area contributed by atoms with Gasteiger partial charge in [-0.05, 0) is 54.8 Å². The largest absolute Gasteiger partial charge is 0 e. The molecule has 1 spiro atoms. The van der Waals surface area contributed by atoms with E-state index in [1.54, 1.807) is 0 Å². The van der Waals surface area contributed by atoms with Crippen LogP contribution in [0.3, 0.4) is 0 Å². The molecule has 0 N–H and O–H groups in total. The second-order valence-electron chi connectivity index (χ2n) is 8.72. The van der Waals surface area contributed by atoms with Crippen molar-refractivity contribution in [3.05, 3.63) is 123 Å². The van der Waals surface area contributed by atoms with E-state index in [2.05, 4.69) is 100 Å². The summed E-state index contributed by atoms with van der Waals surface area (Å²) in [5.41, 5.74) is 5.60. The molecule has 2 aliphatic heterocycles. The molecule has 2 heterocycles. The van der Waals surface area contributed by atoms with Crippen LogP contribution in [0.15, 0.2) is 71.8 Å². The first kappa shape index (κ1) is 42.9. The van der Waals surface area contributed by atoms with Gasteiger partial charge in [-0.2, -0.15) is 0 Å². The van der Waals surface area contributed by atoms with Gasteiger partial charge in [-0.15, -0.1) is 0 Å². The fourth-order valence-corrected chi connectivity index (χ4v) is 6.13. The van der Waals surface area contributed by atoms with Crippen LogP contribution in [0, 0.1) is 45.3 Å². The fourth-order valence-electron chi connectivity index (χ4n) is 5.77. The van der Waals surface area contributed by atoms with Crippen molar-refractivity contribution >= 4 is 28.5 Å². The molecule has 1 aliphatic carbocycles. The number of hydrogen-bond acceptors (Lipinski definition) is 5. The molecule has 11 heteroatoms. The first-order chi connectivity index (χ1) is 21.1. The van der Waals surface area contributed by atoms with Crippen LogP contribution in [0.4, 0.5) is 0 Å². The Labute approximate surface area is 275 Å². The van der Waals surface area contributed by atoms with Crippen LogP contribution in [0.25, 0.3) is 11.3 Å². The van der Waals surface area contributed by atoms with E-state index < -0.39 is 5.72 Å². The summed E-state index contributed by atoms with van der Waals surface area (Å²) in [5, 5.41) is 0.523. The van der Waals surface area contributed by atoms with E-state index in [9.17, 15) is 0 Å². The molecule has 5 rings (SSSR count). The van der Waals surface area contributed by atoms with Gasteiger partial charge < -0.3 is 19.1 Å². The van der Waals surface area contributed by atoms with Crippen molar-refractivity contribution in [3.8, 4) is 0 Å². The molecule has 2 aromatic rings. The second kappa shape index (κ2) is 22.3. The zero-order valence-corrected chi connectivity index (χ0v) is 26.4. The summed E-state index contributed by atoms with van der Waals surface area (Å²) >= 11 is 5.85. The van der Waals surface area contributed by atoms with Crippen LogP contribution in [0.1, 0.15) is 38.3 Å². The minimum atomic E-state index is -0.674. The van der Waals surface area contributed by atoms with Gasteiger partial charge >= 0.3 is 56.5 Å². The van der Waals surface area contributed by atoms with Gasteiger partial charge in [0.15, 0.2) is 17.4 Å². The van der Waals surface area contributed by atoms with E-state index in [-0.39, 0.29) is 22.8 Å². The Morgan fingerprint density at radius 1 is 0.864 bits per heavy atom. The first-order valence-electron chi connectivity index (χ1n) is 12.7. The molecule has 1 fully saturated rings. The van der Waals surface area contributed by atoms with Crippen molar-refractivity contribution in [2.24, 2.45) is 5.41 Å². The van der Waals surface area contributed by atoms with E-state index in [1.807, 2.05) is 26.0 Å². The zero-order chi connectivity index (χ0) is 33.1. The maximum absolute atomic E-state index is 7.50. The molecular weight excluding hydrogens is 622 g/mol. The summed E-state index contributed by atoms with van der Waals surface area (Å²) in [6.45, 7) is 34.5. The average molecular weight is 652 g/mol. The predicted molar refractivity (Wildman–Crippen MR) is 154 cm³/mol. The maximum atomic E-state index is 7.50. The molecule has 1 saturated heterocycles.